The second-order valence-corrected chi connectivity index (χ2v) is 4.81. The lowest BCUT2D eigenvalue weighted by molar-refractivity contribution is 0.304. The summed E-state index contributed by atoms with van der Waals surface area (Å²) < 4.78 is 16.2. The molecular weight excluding hydrogens is 286 g/mol. The van der Waals surface area contributed by atoms with Gasteiger partial charge in [-0.1, -0.05) is 18.3 Å². The van der Waals surface area contributed by atoms with Gasteiger partial charge in [-0.25, -0.2) is 0 Å². The van der Waals surface area contributed by atoms with E-state index in [0.29, 0.717) is 23.1 Å². The van der Waals surface area contributed by atoms with Gasteiger partial charge in [0.15, 0.2) is 11.5 Å². The van der Waals surface area contributed by atoms with Crippen molar-refractivity contribution in [2.45, 2.75) is 6.61 Å². The van der Waals surface area contributed by atoms with Gasteiger partial charge in [-0.15, -0.1) is 0 Å². The van der Waals surface area contributed by atoms with Crippen molar-refractivity contribution >= 4 is 17.2 Å². The summed E-state index contributed by atoms with van der Waals surface area (Å²) in [6, 6.07) is 13.0. The first kappa shape index (κ1) is 15.1. The van der Waals surface area contributed by atoms with Crippen LogP contribution in [-0.2, 0) is 6.61 Å². The maximum atomic E-state index is 5.72. The standard InChI is InChI=1S/C16H17NO3S/c1-18-14-8-3-11(9-15(14)19-2)10-20-13-6-4-12(5-7-13)16(17)21/h3-9H,10H2,1-2H3,(H2,17,21). The summed E-state index contributed by atoms with van der Waals surface area (Å²) in [4.78, 5) is 0.376. The van der Waals surface area contributed by atoms with Gasteiger partial charge >= 0.3 is 0 Å². The Hall–Kier alpha value is -2.27. The van der Waals surface area contributed by atoms with Gasteiger partial charge in [0.1, 0.15) is 17.3 Å². The van der Waals surface area contributed by atoms with Gasteiger partial charge in [-0.3, -0.25) is 0 Å². The molecule has 110 valence electrons. The molecule has 0 spiro atoms. The first-order valence-corrected chi connectivity index (χ1v) is 6.78. The number of thiocarbonyl (C=S) groups is 1. The molecule has 0 bridgehead atoms. The van der Waals surface area contributed by atoms with E-state index < -0.39 is 0 Å². The van der Waals surface area contributed by atoms with Gasteiger partial charge in [-0.2, -0.15) is 0 Å². The minimum Gasteiger partial charge on any atom is -0.493 e. The van der Waals surface area contributed by atoms with Crippen LogP contribution in [0, 0.1) is 0 Å². The summed E-state index contributed by atoms with van der Waals surface area (Å²) in [6.45, 7) is 0.437. The number of hydrogen-bond acceptors (Lipinski definition) is 4. The zero-order valence-corrected chi connectivity index (χ0v) is 12.8. The number of hydrogen-bond donors (Lipinski definition) is 1. The predicted molar refractivity (Wildman–Crippen MR) is 86.2 cm³/mol. The Balaban J connectivity index is 2.04. The van der Waals surface area contributed by atoms with Crippen LogP contribution in [0.1, 0.15) is 11.1 Å². The highest BCUT2D eigenvalue weighted by Gasteiger charge is 2.05. The van der Waals surface area contributed by atoms with E-state index in [9.17, 15) is 0 Å². The molecule has 0 aliphatic rings. The molecule has 0 heterocycles. The second kappa shape index (κ2) is 6.95. The summed E-state index contributed by atoms with van der Waals surface area (Å²) in [6.07, 6.45) is 0. The zero-order chi connectivity index (χ0) is 15.2. The van der Waals surface area contributed by atoms with Gasteiger partial charge < -0.3 is 19.9 Å². The fourth-order valence-electron chi connectivity index (χ4n) is 1.85. The third kappa shape index (κ3) is 3.86. The van der Waals surface area contributed by atoms with Crippen molar-refractivity contribution < 1.29 is 14.2 Å². The van der Waals surface area contributed by atoms with E-state index in [1.807, 2.05) is 42.5 Å². The Morgan fingerprint density at radius 3 is 2.24 bits per heavy atom. The van der Waals surface area contributed by atoms with E-state index in [4.69, 9.17) is 32.2 Å². The molecule has 0 atom stereocenters. The van der Waals surface area contributed by atoms with Gasteiger partial charge in [0.25, 0.3) is 0 Å². The summed E-state index contributed by atoms with van der Waals surface area (Å²) in [5, 5.41) is 0. The van der Waals surface area contributed by atoms with Crippen LogP contribution in [0.15, 0.2) is 42.5 Å². The monoisotopic (exact) mass is 303 g/mol. The molecule has 2 rings (SSSR count). The van der Waals surface area contributed by atoms with Gasteiger partial charge in [0.05, 0.1) is 14.2 Å². The Kier molecular flexibility index (Phi) is 5.00. The lowest BCUT2D eigenvalue weighted by atomic mass is 10.2. The lowest BCUT2D eigenvalue weighted by Crippen LogP contribution is -2.08. The SMILES string of the molecule is COc1ccc(COc2ccc(C(N)=S)cc2)cc1OC. The highest BCUT2D eigenvalue weighted by molar-refractivity contribution is 7.80. The first-order valence-electron chi connectivity index (χ1n) is 6.37. The third-order valence-electron chi connectivity index (χ3n) is 2.99. The molecule has 0 amide bonds. The average Bonchev–Trinajstić information content (AvgIpc) is 2.52. The van der Waals surface area contributed by atoms with Crippen LogP contribution in [-0.4, -0.2) is 19.2 Å². The van der Waals surface area contributed by atoms with Crippen molar-refractivity contribution in [3.05, 3.63) is 53.6 Å². The van der Waals surface area contributed by atoms with Gasteiger partial charge in [0.2, 0.25) is 0 Å². The minimum absolute atomic E-state index is 0.376. The zero-order valence-electron chi connectivity index (χ0n) is 12.0. The normalized spacial score (nSPS) is 10.0. The van der Waals surface area contributed by atoms with Gasteiger partial charge in [-0.05, 0) is 42.0 Å². The highest BCUT2D eigenvalue weighted by atomic mass is 32.1. The molecule has 0 unspecified atom stereocenters. The predicted octanol–water partition coefficient (Wildman–Crippen LogP) is 2.92. The molecule has 5 heteroatoms. The molecule has 0 saturated carbocycles. The molecular formula is C16H17NO3S. The van der Waals surface area contributed by atoms with Crippen molar-refractivity contribution in [3.8, 4) is 17.2 Å². The van der Waals surface area contributed by atoms with Crippen LogP contribution in [0.3, 0.4) is 0 Å². The number of rotatable bonds is 6. The lowest BCUT2D eigenvalue weighted by Gasteiger charge is -2.11. The van der Waals surface area contributed by atoms with E-state index in [2.05, 4.69) is 0 Å². The molecule has 21 heavy (non-hydrogen) atoms. The summed E-state index contributed by atoms with van der Waals surface area (Å²) in [5.41, 5.74) is 7.37. The highest BCUT2D eigenvalue weighted by Crippen LogP contribution is 2.28. The van der Waals surface area contributed by atoms with Crippen molar-refractivity contribution in [2.24, 2.45) is 5.73 Å². The van der Waals surface area contributed by atoms with Gasteiger partial charge in [0, 0.05) is 5.56 Å². The summed E-state index contributed by atoms with van der Waals surface area (Å²) in [7, 11) is 3.22. The van der Waals surface area contributed by atoms with Crippen LogP contribution in [0.2, 0.25) is 0 Å². The molecule has 2 aromatic rings. The first-order chi connectivity index (χ1) is 10.1. The Morgan fingerprint density at radius 1 is 1.00 bits per heavy atom. The minimum atomic E-state index is 0.376. The van der Waals surface area contributed by atoms with Crippen molar-refractivity contribution in [1.82, 2.24) is 0 Å². The molecule has 0 aromatic heterocycles. The van der Waals surface area contributed by atoms with Crippen LogP contribution in [0.5, 0.6) is 17.2 Å². The van der Waals surface area contributed by atoms with E-state index in [-0.39, 0.29) is 0 Å². The fraction of sp³-hybridized carbons (Fsp3) is 0.188. The van der Waals surface area contributed by atoms with E-state index in [0.717, 1.165) is 16.9 Å². The smallest absolute Gasteiger partial charge is 0.161 e. The number of benzene rings is 2. The van der Waals surface area contributed by atoms with E-state index in [1.165, 1.54) is 0 Å². The fourth-order valence-corrected chi connectivity index (χ4v) is 1.99. The third-order valence-corrected chi connectivity index (χ3v) is 3.23. The van der Waals surface area contributed by atoms with Crippen molar-refractivity contribution in [3.63, 3.8) is 0 Å². The Morgan fingerprint density at radius 2 is 1.67 bits per heavy atom. The molecule has 0 fully saturated rings. The van der Waals surface area contributed by atoms with E-state index >= 15 is 0 Å². The van der Waals surface area contributed by atoms with Crippen LogP contribution in [0.25, 0.3) is 0 Å². The number of ether oxygens (including phenoxy) is 3. The topological polar surface area (TPSA) is 53.7 Å². The van der Waals surface area contributed by atoms with Crippen molar-refractivity contribution in [1.29, 1.82) is 0 Å². The van der Waals surface area contributed by atoms with Crippen LogP contribution in [0.4, 0.5) is 0 Å². The largest absolute Gasteiger partial charge is 0.493 e. The molecule has 0 saturated heterocycles. The average molecular weight is 303 g/mol. The second-order valence-electron chi connectivity index (χ2n) is 4.37. The summed E-state index contributed by atoms with van der Waals surface area (Å²) in [5.74, 6) is 2.13. The summed E-state index contributed by atoms with van der Waals surface area (Å²) >= 11 is 4.91. The maximum absolute atomic E-state index is 5.72. The number of methoxy groups -OCH3 is 2. The van der Waals surface area contributed by atoms with Crippen LogP contribution >= 0.6 is 12.2 Å². The van der Waals surface area contributed by atoms with E-state index in [1.54, 1.807) is 14.2 Å². The molecule has 4 nitrogen and oxygen atoms in total. The maximum Gasteiger partial charge on any atom is 0.161 e. The van der Waals surface area contributed by atoms with Crippen LogP contribution < -0.4 is 19.9 Å². The Bertz CT molecular complexity index is 626. The molecule has 2 N–H and O–H groups in total. The molecule has 0 aliphatic heterocycles. The molecule has 0 radical (unpaired) electrons. The number of nitrogens with two attached hydrogens (primary N) is 1. The molecule has 0 aliphatic carbocycles. The van der Waals surface area contributed by atoms with Crippen molar-refractivity contribution in [2.75, 3.05) is 14.2 Å². The Labute approximate surface area is 129 Å². The molecule has 2 aromatic carbocycles. The quantitative estimate of drug-likeness (QED) is 0.832.